The summed E-state index contributed by atoms with van der Waals surface area (Å²) in [5.74, 6) is -0.732. The van der Waals surface area contributed by atoms with Crippen LogP contribution in [0.2, 0.25) is 0 Å². The number of carbonyl (C=O) groups excluding carboxylic acids is 2. The Hall–Kier alpha value is -1.10. The molecule has 1 amide bonds. The molecule has 0 saturated heterocycles. The van der Waals surface area contributed by atoms with Gasteiger partial charge in [-0.1, -0.05) is 26.7 Å². The molecule has 0 rings (SSSR count). The zero-order valence-electron chi connectivity index (χ0n) is 11.2. The van der Waals surface area contributed by atoms with Gasteiger partial charge in [-0.05, 0) is 19.8 Å². The van der Waals surface area contributed by atoms with Crippen LogP contribution >= 0.6 is 0 Å². The molecule has 2 unspecified atom stereocenters. The average Bonchev–Trinajstić information content (AvgIpc) is 2.28. The number of rotatable bonds is 7. The molecular formula is C12H24N2O3. The Kier molecular flexibility index (Phi) is 6.80. The van der Waals surface area contributed by atoms with Gasteiger partial charge < -0.3 is 15.8 Å². The molecule has 2 atom stereocenters. The lowest BCUT2D eigenvalue weighted by Crippen LogP contribution is -2.56. The van der Waals surface area contributed by atoms with Crippen LogP contribution in [0.15, 0.2) is 0 Å². The number of amides is 1. The number of carbonyl (C=O) groups is 2. The minimum Gasteiger partial charge on any atom is -0.467 e. The van der Waals surface area contributed by atoms with E-state index >= 15 is 0 Å². The molecule has 17 heavy (non-hydrogen) atoms. The quantitative estimate of drug-likeness (QED) is 0.654. The lowest BCUT2D eigenvalue weighted by molar-refractivity contribution is -0.150. The second-order valence-electron chi connectivity index (χ2n) is 4.46. The van der Waals surface area contributed by atoms with Gasteiger partial charge in [0.15, 0.2) is 0 Å². The first kappa shape index (κ1) is 15.9. The van der Waals surface area contributed by atoms with Crippen LogP contribution in [0.25, 0.3) is 0 Å². The van der Waals surface area contributed by atoms with Gasteiger partial charge in [0.25, 0.3) is 0 Å². The van der Waals surface area contributed by atoms with E-state index < -0.39 is 17.6 Å². The van der Waals surface area contributed by atoms with Crippen LogP contribution in [-0.4, -0.2) is 30.6 Å². The Bertz CT molecular complexity index is 268. The summed E-state index contributed by atoms with van der Waals surface area (Å²) >= 11 is 0. The number of hydrogen-bond donors (Lipinski definition) is 2. The first-order valence-electron chi connectivity index (χ1n) is 6.07. The first-order valence-corrected chi connectivity index (χ1v) is 6.07. The molecule has 0 aromatic rings. The van der Waals surface area contributed by atoms with E-state index in [1.54, 1.807) is 6.92 Å². The van der Waals surface area contributed by atoms with Crippen molar-refractivity contribution in [3.8, 4) is 0 Å². The summed E-state index contributed by atoms with van der Waals surface area (Å²) < 4.78 is 4.71. The summed E-state index contributed by atoms with van der Waals surface area (Å²) in [6.45, 7) is 5.57. The van der Waals surface area contributed by atoms with Gasteiger partial charge in [0.1, 0.15) is 5.54 Å². The fraction of sp³-hybridized carbons (Fsp3) is 0.833. The van der Waals surface area contributed by atoms with Gasteiger partial charge in [-0.15, -0.1) is 0 Å². The van der Waals surface area contributed by atoms with E-state index in [1.807, 2.05) is 13.8 Å². The first-order chi connectivity index (χ1) is 7.91. The fourth-order valence-electron chi connectivity index (χ4n) is 1.75. The van der Waals surface area contributed by atoms with Crippen LogP contribution in [0, 0.1) is 0 Å². The van der Waals surface area contributed by atoms with E-state index in [0.29, 0.717) is 12.8 Å². The number of ether oxygens (including phenoxy) is 1. The van der Waals surface area contributed by atoms with Crippen molar-refractivity contribution in [2.45, 2.75) is 58.0 Å². The van der Waals surface area contributed by atoms with Crippen LogP contribution < -0.4 is 11.1 Å². The molecule has 0 bridgehead atoms. The van der Waals surface area contributed by atoms with Crippen molar-refractivity contribution >= 4 is 11.9 Å². The minimum atomic E-state index is -0.980. The average molecular weight is 244 g/mol. The molecule has 0 aromatic heterocycles. The lowest BCUT2D eigenvalue weighted by Gasteiger charge is -2.28. The molecule has 100 valence electrons. The molecule has 0 fully saturated rings. The van der Waals surface area contributed by atoms with Crippen LogP contribution in [-0.2, 0) is 14.3 Å². The third-order valence-electron chi connectivity index (χ3n) is 2.72. The van der Waals surface area contributed by atoms with Crippen molar-refractivity contribution in [1.82, 2.24) is 5.32 Å². The Morgan fingerprint density at radius 1 is 1.35 bits per heavy atom. The maximum atomic E-state index is 11.8. The largest absolute Gasteiger partial charge is 0.467 e. The number of esters is 1. The van der Waals surface area contributed by atoms with E-state index in [9.17, 15) is 9.59 Å². The predicted octanol–water partition coefficient (Wildman–Crippen LogP) is 0.962. The molecule has 0 radical (unpaired) electrons. The highest BCUT2D eigenvalue weighted by molar-refractivity contribution is 5.89. The molecule has 0 heterocycles. The molecule has 0 aliphatic rings. The second-order valence-corrected chi connectivity index (χ2v) is 4.46. The highest BCUT2D eigenvalue weighted by atomic mass is 16.5. The normalized spacial score (nSPS) is 15.8. The van der Waals surface area contributed by atoms with Crippen molar-refractivity contribution in [2.75, 3.05) is 7.11 Å². The Labute approximate surface area is 103 Å². The van der Waals surface area contributed by atoms with Crippen molar-refractivity contribution in [3.05, 3.63) is 0 Å². The van der Waals surface area contributed by atoms with E-state index in [-0.39, 0.29) is 5.91 Å². The van der Waals surface area contributed by atoms with Gasteiger partial charge >= 0.3 is 5.97 Å². The van der Waals surface area contributed by atoms with Gasteiger partial charge in [0.2, 0.25) is 5.91 Å². The Balaban J connectivity index is 4.64. The highest BCUT2D eigenvalue weighted by Gasteiger charge is 2.36. The number of nitrogens with two attached hydrogens (primary N) is 1. The molecule has 5 nitrogen and oxygen atoms in total. The third-order valence-corrected chi connectivity index (χ3v) is 2.72. The number of methoxy groups -OCH3 is 1. The second kappa shape index (κ2) is 7.27. The predicted molar refractivity (Wildman–Crippen MR) is 66.4 cm³/mol. The standard InChI is InChI=1S/C12H24N2O3/c1-5-7-9(13)10(15)14-12(3,8-6-2)11(16)17-4/h9H,5-8,13H2,1-4H3,(H,14,15). The van der Waals surface area contributed by atoms with Crippen LogP contribution in [0.1, 0.15) is 46.5 Å². The summed E-state index contributed by atoms with van der Waals surface area (Å²) in [5, 5.41) is 2.69. The van der Waals surface area contributed by atoms with E-state index in [0.717, 1.165) is 12.8 Å². The highest BCUT2D eigenvalue weighted by Crippen LogP contribution is 2.14. The maximum absolute atomic E-state index is 11.8. The van der Waals surface area contributed by atoms with Crippen molar-refractivity contribution in [3.63, 3.8) is 0 Å². The maximum Gasteiger partial charge on any atom is 0.331 e. The molecule has 0 saturated carbocycles. The van der Waals surface area contributed by atoms with E-state index in [2.05, 4.69) is 5.32 Å². The Morgan fingerprint density at radius 3 is 2.35 bits per heavy atom. The molecule has 0 aromatic carbocycles. The van der Waals surface area contributed by atoms with Crippen LogP contribution in [0.5, 0.6) is 0 Å². The third kappa shape index (κ3) is 4.73. The molecule has 3 N–H and O–H groups in total. The van der Waals surface area contributed by atoms with Crippen LogP contribution in [0.4, 0.5) is 0 Å². The van der Waals surface area contributed by atoms with E-state index in [4.69, 9.17) is 10.5 Å². The van der Waals surface area contributed by atoms with Crippen LogP contribution in [0.3, 0.4) is 0 Å². The SMILES string of the molecule is CCCC(N)C(=O)NC(C)(CCC)C(=O)OC. The Morgan fingerprint density at radius 2 is 1.94 bits per heavy atom. The summed E-state index contributed by atoms with van der Waals surface area (Å²) in [5.41, 5.74) is 4.73. The summed E-state index contributed by atoms with van der Waals surface area (Å²) in [7, 11) is 1.31. The zero-order valence-corrected chi connectivity index (χ0v) is 11.2. The molecule has 0 spiro atoms. The molecule has 5 heteroatoms. The number of hydrogen-bond acceptors (Lipinski definition) is 4. The monoisotopic (exact) mass is 244 g/mol. The van der Waals surface area contributed by atoms with Crippen molar-refractivity contribution < 1.29 is 14.3 Å². The summed E-state index contributed by atoms with van der Waals surface area (Å²) in [6.07, 6.45) is 2.74. The van der Waals surface area contributed by atoms with Gasteiger partial charge in [-0.25, -0.2) is 4.79 Å². The smallest absolute Gasteiger partial charge is 0.331 e. The van der Waals surface area contributed by atoms with Gasteiger partial charge in [-0.3, -0.25) is 4.79 Å². The molecule has 0 aliphatic heterocycles. The van der Waals surface area contributed by atoms with E-state index in [1.165, 1.54) is 7.11 Å². The van der Waals surface area contributed by atoms with Crippen molar-refractivity contribution in [1.29, 1.82) is 0 Å². The fourth-order valence-corrected chi connectivity index (χ4v) is 1.75. The van der Waals surface area contributed by atoms with Gasteiger partial charge in [0, 0.05) is 0 Å². The zero-order chi connectivity index (χ0) is 13.5. The molecular weight excluding hydrogens is 220 g/mol. The van der Waals surface area contributed by atoms with Crippen molar-refractivity contribution in [2.24, 2.45) is 5.73 Å². The summed E-state index contributed by atoms with van der Waals surface area (Å²) in [4.78, 5) is 23.5. The molecule has 0 aliphatic carbocycles. The van der Waals surface area contributed by atoms with Gasteiger partial charge in [-0.2, -0.15) is 0 Å². The van der Waals surface area contributed by atoms with Gasteiger partial charge in [0.05, 0.1) is 13.2 Å². The summed E-state index contributed by atoms with van der Waals surface area (Å²) in [6, 6.07) is -0.569. The number of nitrogens with one attached hydrogen (secondary N) is 1. The minimum absolute atomic E-state index is 0.298. The topological polar surface area (TPSA) is 81.4 Å². The lowest BCUT2D eigenvalue weighted by atomic mass is 9.95.